The predicted octanol–water partition coefficient (Wildman–Crippen LogP) is 4.19. The molecule has 0 spiro atoms. The monoisotopic (exact) mass is 297 g/mol. The van der Waals surface area contributed by atoms with E-state index in [4.69, 9.17) is 4.74 Å². The van der Waals surface area contributed by atoms with Crippen LogP contribution in [-0.2, 0) is 10.3 Å². The number of hydrogen-bond donors (Lipinski definition) is 1. The molecule has 20 heavy (non-hydrogen) atoms. The number of nitrogens with zero attached hydrogens (tertiary/aromatic N) is 2. The van der Waals surface area contributed by atoms with E-state index in [0.29, 0.717) is 5.41 Å². The standard InChI is InChI=1S/C15H27N3OS/c1-5-11-16-13-17-12(18-20-13)15(19-6-2)9-7-14(3,4)8-10-15/h5-11H2,1-4H3,(H,16,17,18). The predicted molar refractivity (Wildman–Crippen MR) is 84.2 cm³/mol. The summed E-state index contributed by atoms with van der Waals surface area (Å²) in [6.45, 7) is 10.6. The lowest BCUT2D eigenvalue weighted by Gasteiger charge is -2.41. The Morgan fingerprint density at radius 3 is 2.50 bits per heavy atom. The molecule has 2 rings (SSSR count). The van der Waals surface area contributed by atoms with Gasteiger partial charge in [0.05, 0.1) is 0 Å². The number of anilines is 1. The van der Waals surface area contributed by atoms with Gasteiger partial charge < -0.3 is 10.1 Å². The van der Waals surface area contributed by atoms with Crippen molar-refractivity contribution < 1.29 is 4.74 Å². The van der Waals surface area contributed by atoms with Crippen LogP contribution in [0, 0.1) is 5.41 Å². The van der Waals surface area contributed by atoms with Gasteiger partial charge in [0, 0.05) is 24.7 Å². The van der Waals surface area contributed by atoms with Gasteiger partial charge in [-0.2, -0.15) is 4.37 Å². The highest BCUT2D eigenvalue weighted by Gasteiger charge is 2.43. The Morgan fingerprint density at radius 2 is 1.90 bits per heavy atom. The largest absolute Gasteiger partial charge is 0.367 e. The molecular weight excluding hydrogens is 270 g/mol. The van der Waals surface area contributed by atoms with Crippen LogP contribution in [0.2, 0.25) is 0 Å². The van der Waals surface area contributed by atoms with Crippen LogP contribution in [0.3, 0.4) is 0 Å². The summed E-state index contributed by atoms with van der Waals surface area (Å²) in [5.74, 6) is 0.887. The highest BCUT2D eigenvalue weighted by molar-refractivity contribution is 7.09. The summed E-state index contributed by atoms with van der Waals surface area (Å²) < 4.78 is 10.7. The smallest absolute Gasteiger partial charge is 0.202 e. The third-order valence-electron chi connectivity index (χ3n) is 4.19. The van der Waals surface area contributed by atoms with Gasteiger partial charge in [-0.3, -0.25) is 0 Å². The van der Waals surface area contributed by atoms with Crippen molar-refractivity contribution in [3.05, 3.63) is 5.82 Å². The lowest BCUT2D eigenvalue weighted by molar-refractivity contribution is -0.0940. The Labute approximate surface area is 126 Å². The SMILES string of the molecule is CCCNc1nc(C2(OCC)CCC(C)(C)CC2)ns1. The molecule has 0 unspecified atom stereocenters. The molecule has 1 heterocycles. The minimum absolute atomic E-state index is 0.257. The molecule has 4 nitrogen and oxygen atoms in total. The summed E-state index contributed by atoms with van der Waals surface area (Å²) in [5.41, 5.74) is 0.160. The average Bonchev–Trinajstić information content (AvgIpc) is 2.89. The molecular formula is C15H27N3OS. The summed E-state index contributed by atoms with van der Waals surface area (Å²) in [4.78, 5) is 4.68. The Morgan fingerprint density at radius 1 is 1.20 bits per heavy atom. The van der Waals surface area contributed by atoms with Crippen molar-refractivity contribution >= 4 is 16.7 Å². The van der Waals surface area contributed by atoms with Crippen LogP contribution in [0.25, 0.3) is 0 Å². The third kappa shape index (κ3) is 3.50. The van der Waals surface area contributed by atoms with Gasteiger partial charge in [-0.15, -0.1) is 0 Å². The van der Waals surface area contributed by atoms with Gasteiger partial charge in [0.25, 0.3) is 0 Å². The summed E-state index contributed by atoms with van der Waals surface area (Å²) >= 11 is 1.46. The minimum Gasteiger partial charge on any atom is -0.367 e. The van der Waals surface area contributed by atoms with Crippen molar-refractivity contribution in [3.63, 3.8) is 0 Å². The fourth-order valence-electron chi connectivity index (χ4n) is 2.75. The molecule has 1 N–H and O–H groups in total. The molecule has 1 saturated carbocycles. The van der Waals surface area contributed by atoms with E-state index in [1.54, 1.807) is 0 Å². The highest BCUT2D eigenvalue weighted by Crippen LogP contribution is 2.46. The van der Waals surface area contributed by atoms with Crippen LogP contribution in [-0.4, -0.2) is 22.5 Å². The maximum absolute atomic E-state index is 6.12. The van der Waals surface area contributed by atoms with Gasteiger partial charge in [-0.1, -0.05) is 20.8 Å². The van der Waals surface area contributed by atoms with Crippen molar-refractivity contribution in [2.24, 2.45) is 5.41 Å². The topological polar surface area (TPSA) is 47.0 Å². The fourth-order valence-corrected chi connectivity index (χ4v) is 3.43. The van der Waals surface area contributed by atoms with Gasteiger partial charge >= 0.3 is 0 Å². The number of rotatable bonds is 6. The average molecular weight is 297 g/mol. The van der Waals surface area contributed by atoms with Crippen molar-refractivity contribution in [2.75, 3.05) is 18.5 Å². The molecule has 5 heteroatoms. The van der Waals surface area contributed by atoms with Gasteiger partial charge in [-0.25, -0.2) is 4.98 Å². The second kappa shape index (κ2) is 6.39. The van der Waals surface area contributed by atoms with E-state index in [0.717, 1.165) is 43.4 Å². The normalized spacial score (nSPS) is 20.8. The van der Waals surface area contributed by atoms with E-state index < -0.39 is 0 Å². The Balaban J connectivity index is 2.14. The van der Waals surface area contributed by atoms with Crippen molar-refractivity contribution in [1.82, 2.24) is 9.36 Å². The van der Waals surface area contributed by atoms with Crippen molar-refractivity contribution in [2.45, 2.75) is 65.4 Å². The lowest BCUT2D eigenvalue weighted by Crippen LogP contribution is -2.38. The zero-order valence-electron chi connectivity index (χ0n) is 13.2. The molecule has 0 atom stereocenters. The van der Waals surface area contributed by atoms with Crippen LogP contribution in [0.5, 0.6) is 0 Å². The number of hydrogen-bond acceptors (Lipinski definition) is 5. The first kappa shape index (κ1) is 15.7. The molecule has 1 aromatic rings. The molecule has 0 amide bonds. The second-order valence-electron chi connectivity index (χ2n) is 6.44. The van der Waals surface area contributed by atoms with E-state index >= 15 is 0 Å². The van der Waals surface area contributed by atoms with Crippen LogP contribution >= 0.6 is 11.5 Å². The van der Waals surface area contributed by atoms with Crippen LogP contribution < -0.4 is 5.32 Å². The summed E-state index contributed by atoms with van der Waals surface area (Å²) in [6, 6.07) is 0. The first-order valence-electron chi connectivity index (χ1n) is 7.73. The third-order valence-corrected chi connectivity index (χ3v) is 4.86. The van der Waals surface area contributed by atoms with Gasteiger partial charge in [0.1, 0.15) is 5.60 Å². The molecule has 0 bridgehead atoms. The molecule has 1 fully saturated rings. The first-order valence-corrected chi connectivity index (χ1v) is 8.51. The molecule has 0 saturated heterocycles. The maximum atomic E-state index is 6.12. The van der Waals surface area contributed by atoms with Gasteiger partial charge in [0.2, 0.25) is 5.13 Å². The van der Waals surface area contributed by atoms with Crippen LogP contribution in [0.4, 0.5) is 5.13 Å². The van der Waals surface area contributed by atoms with Gasteiger partial charge in [0.15, 0.2) is 5.82 Å². The highest BCUT2D eigenvalue weighted by atomic mass is 32.1. The number of aromatic nitrogens is 2. The van der Waals surface area contributed by atoms with Crippen LogP contribution in [0.1, 0.15) is 65.6 Å². The fraction of sp³-hybridized carbons (Fsp3) is 0.867. The summed E-state index contributed by atoms with van der Waals surface area (Å²) in [5, 5.41) is 4.24. The minimum atomic E-state index is -0.257. The molecule has 114 valence electrons. The van der Waals surface area contributed by atoms with Crippen molar-refractivity contribution in [3.8, 4) is 0 Å². The maximum Gasteiger partial charge on any atom is 0.202 e. The summed E-state index contributed by atoms with van der Waals surface area (Å²) in [7, 11) is 0. The Bertz CT molecular complexity index is 421. The quantitative estimate of drug-likeness (QED) is 0.855. The second-order valence-corrected chi connectivity index (χ2v) is 7.19. The van der Waals surface area contributed by atoms with Crippen molar-refractivity contribution in [1.29, 1.82) is 0 Å². The number of ether oxygens (including phenoxy) is 1. The van der Waals surface area contributed by atoms with Gasteiger partial charge in [-0.05, 0) is 44.4 Å². The zero-order valence-corrected chi connectivity index (χ0v) is 14.0. The van der Waals surface area contributed by atoms with E-state index in [2.05, 4.69) is 42.4 Å². The molecule has 1 aliphatic carbocycles. The molecule has 0 aliphatic heterocycles. The molecule has 1 aliphatic rings. The van der Waals surface area contributed by atoms with E-state index in [1.807, 2.05) is 0 Å². The number of nitrogens with one attached hydrogen (secondary N) is 1. The first-order chi connectivity index (χ1) is 9.51. The zero-order chi connectivity index (χ0) is 14.6. The van der Waals surface area contributed by atoms with Crippen LogP contribution in [0.15, 0.2) is 0 Å². The Hall–Kier alpha value is -0.680. The lowest BCUT2D eigenvalue weighted by atomic mass is 9.70. The van der Waals surface area contributed by atoms with E-state index in [-0.39, 0.29) is 5.60 Å². The van der Waals surface area contributed by atoms with E-state index in [1.165, 1.54) is 24.4 Å². The molecule has 0 radical (unpaired) electrons. The molecule has 1 aromatic heterocycles. The summed E-state index contributed by atoms with van der Waals surface area (Å²) in [6.07, 6.45) is 5.49. The Kier molecular flexibility index (Phi) is 5.02. The molecule has 0 aromatic carbocycles. The van der Waals surface area contributed by atoms with E-state index in [9.17, 15) is 0 Å².